The summed E-state index contributed by atoms with van der Waals surface area (Å²) in [6, 6.07) is 8.82. The molecule has 2 aromatic rings. The van der Waals surface area contributed by atoms with Crippen LogP contribution in [-0.4, -0.2) is 12.6 Å². The van der Waals surface area contributed by atoms with Gasteiger partial charge in [-0.25, -0.2) is 0 Å². The predicted molar refractivity (Wildman–Crippen MR) is 72.3 cm³/mol. The number of nitrogens with one attached hydrogen (secondary N) is 1. The zero-order valence-electron chi connectivity index (χ0n) is 10.7. The molecular formula is C15H21NO. The third-order valence-electron chi connectivity index (χ3n) is 3.15. The van der Waals surface area contributed by atoms with Crippen LogP contribution in [0.1, 0.15) is 32.3 Å². The molecule has 1 aromatic heterocycles. The Hall–Kier alpha value is -1.28. The first-order valence-corrected chi connectivity index (χ1v) is 6.49. The summed E-state index contributed by atoms with van der Waals surface area (Å²) in [5, 5.41) is 4.77. The lowest BCUT2D eigenvalue weighted by Gasteiger charge is -2.12. The van der Waals surface area contributed by atoms with Crippen LogP contribution in [0.2, 0.25) is 0 Å². The number of furan rings is 1. The molecule has 2 nitrogen and oxygen atoms in total. The highest BCUT2D eigenvalue weighted by molar-refractivity contribution is 5.80. The van der Waals surface area contributed by atoms with E-state index in [9.17, 15) is 0 Å². The Kier molecular flexibility index (Phi) is 4.21. The normalized spacial score (nSPS) is 13.1. The number of hydrogen-bond donors (Lipinski definition) is 1. The second kappa shape index (κ2) is 5.87. The minimum atomic E-state index is 0.573. The summed E-state index contributed by atoms with van der Waals surface area (Å²) in [5.41, 5.74) is 2.32. The highest BCUT2D eigenvalue weighted by Crippen LogP contribution is 2.22. The van der Waals surface area contributed by atoms with Crippen LogP contribution in [-0.2, 0) is 6.42 Å². The molecule has 2 heteroatoms. The van der Waals surface area contributed by atoms with Gasteiger partial charge in [-0.15, -0.1) is 0 Å². The SMILES string of the molecule is CCCNC(C)CCc1coc2ccccc12. The molecule has 0 saturated heterocycles. The van der Waals surface area contributed by atoms with Crippen LogP contribution in [0.15, 0.2) is 34.9 Å². The first-order valence-electron chi connectivity index (χ1n) is 6.49. The minimum Gasteiger partial charge on any atom is -0.464 e. The van der Waals surface area contributed by atoms with Crippen LogP contribution < -0.4 is 5.32 Å². The number of aryl methyl sites for hydroxylation is 1. The molecule has 0 aliphatic carbocycles. The highest BCUT2D eigenvalue weighted by atomic mass is 16.3. The van der Waals surface area contributed by atoms with Crippen molar-refractivity contribution < 1.29 is 4.42 Å². The minimum absolute atomic E-state index is 0.573. The van der Waals surface area contributed by atoms with E-state index in [2.05, 4.69) is 31.3 Å². The van der Waals surface area contributed by atoms with Crippen molar-refractivity contribution >= 4 is 11.0 Å². The third kappa shape index (κ3) is 3.10. The Balaban J connectivity index is 1.95. The fourth-order valence-corrected chi connectivity index (χ4v) is 2.09. The van der Waals surface area contributed by atoms with Crippen LogP contribution in [0, 0.1) is 0 Å². The first-order chi connectivity index (χ1) is 8.31. The summed E-state index contributed by atoms with van der Waals surface area (Å²) in [7, 11) is 0. The molecule has 1 unspecified atom stereocenters. The fraction of sp³-hybridized carbons (Fsp3) is 0.467. The average molecular weight is 231 g/mol. The van der Waals surface area contributed by atoms with Gasteiger partial charge in [0.2, 0.25) is 0 Å². The molecule has 17 heavy (non-hydrogen) atoms. The molecule has 1 N–H and O–H groups in total. The summed E-state index contributed by atoms with van der Waals surface area (Å²) < 4.78 is 5.54. The Bertz CT molecular complexity index is 461. The van der Waals surface area contributed by atoms with Gasteiger partial charge in [-0.05, 0) is 44.4 Å². The topological polar surface area (TPSA) is 25.2 Å². The second-order valence-corrected chi connectivity index (χ2v) is 4.65. The summed E-state index contributed by atoms with van der Waals surface area (Å²) in [6.07, 6.45) is 5.33. The van der Waals surface area contributed by atoms with Crippen molar-refractivity contribution in [3.63, 3.8) is 0 Å². The lowest BCUT2D eigenvalue weighted by Crippen LogP contribution is -2.27. The van der Waals surface area contributed by atoms with Crippen LogP contribution in [0.3, 0.4) is 0 Å². The van der Waals surface area contributed by atoms with E-state index in [-0.39, 0.29) is 0 Å². The van der Waals surface area contributed by atoms with Crippen LogP contribution in [0.4, 0.5) is 0 Å². The Morgan fingerprint density at radius 3 is 2.94 bits per heavy atom. The molecule has 1 aromatic carbocycles. The molecule has 0 bridgehead atoms. The number of fused-ring (bicyclic) bond motifs is 1. The van der Waals surface area contributed by atoms with E-state index in [0.717, 1.165) is 25.0 Å². The van der Waals surface area contributed by atoms with Gasteiger partial charge < -0.3 is 9.73 Å². The molecule has 0 aliphatic rings. The molecule has 2 rings (SSSR count). The number of para-hydroxylation sites is 1. The van der Waals surface area contributed by atoms with E-state index in [4.69, 9.17) is 4.42 Å². The maximum Gasteiger partial charge on any atom is 0.134 e. The summed E-state index contributed by atoms with van der Waals surface area (Å²) in [4.78, 5) is 0. The molecular weight excluding hydrogens is 210 g/mol. The molecule has 0 spiro atoms. The Labute approximate surface area is 103 Å². The van der Waals surface area contributed by atoms with E-state index in [1.54, 1.807) is 0 Å². The Morgan fingerprint density at radius 2 is 2.12 bits per heavy atom. The van der Waals surface area contributed by atoms with Gasteiger partial charge in [0.15, 0.2) is 0 Å². The zero-order chi connectivity index (χ0) is 12.1. The van der Waals surface area contributed by atoms with Crippen molar-refractivity contribution in [2.75, 3.05) is 6.54 Å². The molecule has 0 saturated carbocycles. The zero-order valence-corrected chi connectivity index (χ0v) is 10.7. The van der Waals surface area contributed by atoms with Gasteiger partial charge in [0, 0.05) is 11.4 Å². The van der Waals surface area contributed by atoms with Crippen molar-refractivity contribution in [1.82, 2.24) is 5.32 Å². The third-order valence-corrected chi connectivity index (χ3v) is 3.15. The maximum absolute atomic E-state index is 5.54. The number of benzene rings is 1. The van der Waals surface area contributed by atoms with E-state index < -0.39 is 0 Å². The molecule has 1 atom stereocenters. The summed E-state index contributed by atoms with van der Waals surface area (Å²) in [6.45, 7) is 5.55. The van der Waals surface area contributed by atoms with Gasteiger partial charge in [0.25, 0.3) is 0 Å². The smallest absolute Gasteiger partial charge is 0.134 e. The molecule has 0 radical (unpaired) electrons. The second-order valence-electron chi connectivity index (χ2n) is 4.65. The van der Waals surface area contributed by atoms with Gasteiger partial charge >= 0.3 is 0 Å². The highest BCUT2D eigenvalue weighted by Gasteiger charge is 2.07. The van der Waals surface area contributed by atoms with E-state index in [1.165, 1.54) is 17.4 Å². The van der Waals surface area contributed by atoms with Crippen molar-refractivity contribution in [2.45, 2.75) is 39.2 Å². The summed E-state index contributed by atoms with van der Waals surface area (Å²) >= 11 is 0. The van der Waals surface area contributed by atoms with Crippen LogP contribution >= 0.6 is 0 Å². The Morgan fingerprint density at radius 1 is 1.29 bits per heavy atom. The lowest BCUT2D eigenvalue weighted by molar-refractivity contribution is 0.512. The average Bonchev–Trinajstić information content (AvgIpc) is 2.77. The van der Waals surface area contributed by atoms with Crippen LogP contribution in [0.5, 0.6) is 0 Å². The van der Waals surface area contributed by atoms with Gasteiger partial charge in [-0.3, -0.25) is 0 Å². The van der Waals surface area contributed by atoms with Crippen molar-refractivity contribution in [2.24, 2.45) is 0 Å². The molecule has 0 fully saturated rings. The lowest BCUT2D eigenvalue weighted by atomic mass is 10.1. The monoisotopic (exact) mass is 231 g/mol. The quantitative estimate of drug-likeness (QED) is 0.819. The van der Waals surface area contributed by atoms with Gasteiger partial charge in [0.1, 0.15) is 5.58 Å². The van der Waals surface area contributed by atoms with E-state index in [1.807, 2.05) is 18.4 Å². The molecule has 1 heterocycles. The standard InChI is InChI=1S/C15H21NO/c1-3-10-16-12(2)8-9-13-11-17-15-7-5-4-6-14(13)15/h4-7,11-12,16H,3,8-10H2,1-2H3. The largest absolute Gasteiger partial charge is 0.464 e. The van der Waals surface area contributed by atoms with Crippen molar-refractivity contribution in [3.05, 3.63) is 36.1 Å². The van der Waals surface area contributed by atoms with Gasteiger partial charge in [-0.1, -0.05) is 25.1 Å². The first kappa shape index (κ1) is 12.2. The number of rotatable bonds is 6. The van der Waals surface area contributed by atoms with Gasteiger partial charge in [0.05, 0.1) is 6.26 Å². The van der Waals surface area contributed by atoms with Crippen molar-refractivity contribution in [3.8, 4) is 0 Å². The van der Waals surface area contributed by atoms with E-state index in [0.29, 0.717) is 6.04 Å². The van der Waals surface area contributed by atoms with Gasteiger partial charge in [-0.2, -0.15) is 0 Å². The summed E-state index contributed by atoms with van der Waals surface area (Å²) in [5.74, 6) is 0. The number of hydrogen-bond acceptors (Lipinski definition) is 2. The van der Waals surface area contributed by atoms with Crippen molar-refractivity contribution in [1.29, 1.82) is 0 Å². The fourth-order valence-electron chi connectivity index (χ4n) is 2.09. The molecule has 92 valence electrons. The van der Waals surface area contributed by atoms with Crippen LogP contribution in [0.25, 0.3) is 11.0 Å². The molecule has 0 amide bonds. The predicted octanol–water partition coefficient (Wildman–Crippen LogP) is 3.75. The maximum atomic E-state index is 5.54. The van der Waals surface area contributed by atoms with E-state index >= 15 is 0 Å². The molecule has 0 aliphatic heterocycles.